The van der Waals surface area contributed by atoms with Gasteiger partial charge in [0.05, 0.1) is 0 Å². The van der Waals surface area contributed by atoms with Gasteiger partial charge in [-0.05, 0) is 58.0 Å². The summed E-state index contributed by atoms with van der Waals surface area (Å²) in [6.07, 6.45) is 5.19. The van der Waals surface area contributed by atoms with Gasteiger partial charge in [-0.1, -0.05) is 85.1 Å². The topological polar surface area (TPSA) is 15.3 Å². The smallest absolute Gasteiger partial charge is 0.101 e. The summed E-state index contributed by atoms with van der Waals surface area (Å²) >= 11 is 0. The predicted molar refractivity (Wildman–Crippen MR) is 141 cm³/mol. The van der Waals surface area contributed by atoms with Crippen molar-refractivity contribution in [1.82, 2.24) is 4.90 Å². The van der Waals surface area contributed by atoms with Crippen molar-refractivity contribution in [2.24, 2.45) is 5.41 Å². The number of nitrogens with one attached hydrogen (secondary N) is 1. The van der Waals surface area contributed by atoms with Crippen molar-refractivity contribution in [2.75, 3.05) is 24.6 Å². The average Bonchev–Trinajstić information content (AvgIpc) is 2.71. The van der Waals surface area contributed by atoms with Gasteiger partial charge in [0.15, 0.2) is 0 Å². The van der Waals surface area contributed by atoms with Gasteiger partial charge in [-0.25, -0.2) is 0 Å². The van der Waals surface area contributed by atoms with Crippen molar-refractivity contribution in [3.05, 3.63) is 71.8 Å². The van der Waals surface area contributed by atoms with Crippen LogP contribution < -0.4 is 10.5 Å². The molecule has 0 saturated carbocycles. The van der Waals surface area contributed by atoms with Crippen LogP contribution in [0.4, 0.5) is 5.69 Å². The summed E-state index contributed by atoms with van der Waals surface area (Å²) in [5, 5.41) is 5.27. The lowest BCUT2D eigenvalue weighted by atomic mass is 9.98. The quantitative estimate of drug-likeness (QED) is 0.387. The Bertz CT molecular complexity index is 926. The van der Waals surface area contributed by atoms with E-state index in [-0.39, 0.29) is 5.41 Å². The zero-order valence-electron chi connectivity index (χ0n) is 20.5. The Labute approximate surface area is 191 Å². The molecule has 0 radical (unpaired) electrons. The van der Waals surface area contributed by atoms with E-state index in [2.05, 4.69) is 124 Å². The number of anilines is 1. The zero-order valence-corrected chi connectivity index (χ0v) is 21.5. The first-order chi connectivity index (χ1) is 14.6. The number of hydrogen-bond acceptors (Lipinski definition) is 2. The third-order valence-electron chi connectivity index (χ3n) is 5.40. The maximum absolute atomic E-state index is 3.73. The van der Waals surface area contributed by atoms with E-state index in [1.807, 2.05) is 6.08 Å². The van der Waals surface area contributed by atoms with Crippen LogP contribution in [0.2, 0.25) is 13.1 Å². The zero-order chi connectivity index (χ0) is 22.9. The average molecular weight is 433 g/mol. The highest BCUT2D eigenvalue weighted by atomic mass is 28.3. The second-order valence-electron chi connectivity index (χ2n) is 10.0. The lowest BCUT2D eigenvalue weighted by molar-refractivity contribution is 0.311. The van der Waals surface area contributed by atoms with Gasteiger partial charge in [0, 0.05) is 30.4 Å². The molecule has 1 N–H and O–H groups in total. The molecule has 0 bridgehead atoms. The third kappa shape index (κ3) is 8.77. The molecule has 166 valence electrons. The fourth-order valence-corrected chi connectivity index (χ4v) is 6.15. The molecular formula is C28H40N2Si. The van der Waals surface area contributed by atoms with Crippen LogP contribution >= 0.6 is 0 Å². The molecule has 0 atom stereocenters. The van der Waals surface area contributed by atoms with E-state index in [1.165, 1.54) is 22.0 Å². The minimum absolute atomic E-state index is 0.0544. The molecule has 0 unspecified atom stereocenters. The molecule has 3 heteroatoms. The van der Waals surface area contributed by atoms with Crippen molar-refractivity contribution in [3.8, 4) is 11.8 Å². The van der Waals surface area contributed by atoms with Gasteiger partial charge in [0.1, 0.15) is 8.07 Å². The first-order valence-electron chi connectivity index (χ1n) is 11.4. The standard InChI is InChI=1S/C28H40N2Si/c1-8-30(20-13-9-12-19-28(3,4)5)22-25-16-14-17-26(21-25)29-23-31(6,7)27-18-11-10-15-24(27)2/h9-11,13-18,21,29H,8,20,22-23H2,1-7H3/b13-9+. The molecule has 0 heterocycles. The minimum atomic E-state index is -1.55. The molecule has 0 aliphatic rings. The summed E-state index contributed by atoms with van der Waals surface area (Å²) in [7, 11) is -1.55. The highest BCUT2D eigenvalue weighted by molar-refractivity contribution is 6.90. The number of allylic oxidation sites excluding steroid dienone is 1. The van der Waals surface area contributed by atoms with Gasteiger partial charge in [-0.15, -0.1) is 0 Å². The molecular weight excluding hydrogens is 392 g/mol. The fourth-order valence-electron chi connectivity index (χ4n) is 3.61. The fraction of sp³-hybridized carbons (Fsp3) is 0.429. The van der Waals surface area contributed by atoms with Crippen molar-refractivity contribution < 1.29 is 0 Å². The van der Waals surface area contributed by atoms with Gasteiger partial charge >= 0.3 is 0 Å². The van der Waals surface area contributed by atoms with Crippen LogP contribution in [-0.4, -0.2) is 32.2 Å². The number of hydrogen-bond donors (Lipinski definition) is 1. The molecule has 0 saturated heterocycles. The highest BCUT2D eigenvalue weighted by Gasteiger charge is 2.24. The molecule has 0 aromatic heterocycles. The molecule has 31 heavy (non-hydrogen) atoms. The molecule has 0 spiro atoms. The van der Waals surface area contributed by atoms with Crippen LogP contribution in [0.3, 0.4) is 0 Å². The maximum Gasteiger partial charge on any atom is 0.101 e. The lowest BCUT2D eigenvalue weighted by Gasteiger charge is -2.26. The molecule has 2 nitrogen and oxygen atoms in total. The van der Waals surface area contributed by atoms with E-state index < -0.39 is 8.07 Å². The van der Waals surface area contributed by atoms with Gasteiger partial charge in [0.2, 0.25) is 0 Å². The van der Waals surface area contributed by atoms with Crippen LogP contribution in [0.25, 0.3) is 0 Å². The molecule has 2 aromatic rings. The van der Waals surface area contributed by atoms with Gasteiger partial charge in [-0.3, -0.25) is 4.90 Å². The Balaban J connectivity index is 1.96. The molecule has 0 fully saturated rings. The summed E-state index contributed by atoms with van der Waals surface area (Å²) in [6.45, 7) is 18.6. The van der Waals surface area contributed by atoms with E-state index in [1.54, 1.807) is 0 Å². The Hall–Kier alpha value is -2.28. The number of benzene rings is 2. The third-order valence-corrected chi connectivity index (χ3v) is 8.48. The molecule has 0 amide bonds. The monoisotopic (exact) mass is 432 g/mol. The maximum atomic E-state index is 3.73. The second-order valence-corrected chi connectivity index (χ2v) is 14.7. The van der Waals surface area contributed by atoms with Crippen molar-refractivity contribution in [1.29, 1.82) is 0 Å². The number of aryl methyl sites for hydroxylation is 1. The number of likely N-dealkylation sites (N-methyl/N-ethyl adjacent to an activating group) is 1. The SMILES string of the molecule is CCN(C/C=C/C#CC(C)(C)C)Cc1cccc(NC[Si](C)(C)c2ccccc2C)c1. The molecule has 0 aliphatic heterocycles. The van der Waals surface area contributed by atoms with Crippen LogP contribution in [0.15, 0.2) is 60.7 Å². The number of rotatable bonds is 9. The van der Waals surface area contributed by atoms with Crippen molar-refractivity contribution >= 4 is 18.9 Å². The Morgan fingerprint density at radius 3 is 2.48 bits per heavy atom. The van der Waals surface area contributed by atoms with Crippen molar-refractivity contribution in [2.45, 2.75) is 54.3 Å². The largest absolute Gasteiger partial charge is 0.388 e. The van der Waals surface area contributed by atoms with Crippen LogP contribution in [-0.2, 0) is 6.54 Å². The summed E-state index contributed by atoms with van der Waals surface area (Å²) in [5.41, 5.74) is 4.03. The minimum Gasteiger partial charge on any atom is -0.388 e. The first kappa shape index (κ1) is 25.0. The summed E-state index contributed by atoms with van der Waals surface area (Å²) in [5.74, 6) is 6.41. The van der Waals surface area contributed by atoms with E-state index in [0.29, 0.717) is 0 Å². The molecule has 2 aromatic carbocycles. The van der Waals surface area contributed by atoms with Crippen molar-refractivity contribution in [3.63, 3.8) is 0 Å². The summed E-state index contributed by atoms with van der Waals surface area (Å²) < 4.78 is 0. The number of nitrogens with zero attached hydrogens (tertiary/aromatic N) is 1. The van der Waals surface area contributed by atoms with Crippen LogP contribution in [0.5, 0.6) is 0 Å². The molecule has 2 rings (SSSR count). The first-order valence-corrected chi connectivity index (χ1v) is 14.6. The van der Waals surface area contributed by atoms with Gasteiger partial charge in [-0.2, -0.15) is 0 Å². The summed E-state index contributed by atoms with van der Waals surface area (Å²) in [6, 6.07) is 17.7. The predicted octanol–water partition coefficient (Wildman–Crippen LogP) is 5.99. The Kier molecular flexibility index (Phi) is 9.16. The summed E-state index contributed by atoms with van der Waals surface area (Å²) in [4.78, 5) is 2.43. The lowest BCUT2D eigenvalue weighted by Crippen LogP contribution is -2.49. The van der Waals surface area contributed by atoms with E-state index >= 15 is 0 Å². The normalized spacial score (nSPS) is 12.1. The van der Waals surface area contributed by atoms with Gasteiger partial charge < -0.3 is 5.32 Å². The van der Waals surface area contributed by atoms with Gasteiger partial charge in [0.25, 0.3) is 0 Å². The van der Waals surface area contributed by atoms with Crippen LogP contribution in [0, 0.1) is 24.2 Å². The Morgan fingerprint density at radius 1 is 1.06 bits per heavy atom. The highest BCUT2D eigenvalue weighted by Crippen LogP contribution is 2.15. The van der Waals surface area contributed by atoms with E-state index in [0.717, 1.165) is 25.8 Å². The van der Waals surface area contributed by atoms with E-state index in [4.69, 9.17) is 0 Å². The Morgan fingerprint density at radius 2 is 1.81 bits per heavy atom. The molecule has 0 aliphatic carbocycles. The second kappa shape index (κ2) is 11.4. The van der Waals surface area contributed by atoms with E-state index in [9.17, 15) is 0 Å². The van der Waals surface area contributed by atoms with Crippen LogP contribution in [0.1, 0.15) is 38.8 Å².